The summed E-state index contributed by atoms with van der Waals surface area (Å²) in [4.78, 5) is 25.0. The maximum absolute atomic E-state index is 12.6. The van der Waals surface area contributed by atoms with Gasteiger partial charge in [-0.3, -0.25) is 9.59 Å². The van der Waals surface area contributed by atoms with E-state index in [4.69, 9.17) is 18.9 Å². The lowest BCUT2D eigenvalue weighted by molar-refractivity contribution is -0.305. The lowest BCUT2D eigenvalue weighted by atomic mass is 9.99. The molecule has 1 fully saturated rings. The lowest BCUT2D eigenvalue weighted by Gasteiger charge is -2.39. The summed E-state index contributed by atoms with van der Waals surface area (Å²) < 4.78 is 21.9. The molecule has 0 aromatic rings. The van der Waals surface area contributed by atoms with E-state index in [1.165, 1.54) is 6.42 Å². The van der Waals surface area contributed by atoms with E-state index in [2.05, 4.69) is 38.2 Å². The zero-order valence-corrected chi connectivity index (χ0v) is 27.9. The van der Waals surface area contributed by atoms with Crippen LogP contribution in [0.5, 0.6) is 0 Å². The lowest BCUT2D eigenvalue weighted by Crippen LogP contribution is -2.59. The van der Waals surface area contributed by atoms with Gasteiger partial charge in [0, 0.05) is 12.8 Å². The number of aliphatic hydroxyl groups is 4. The molecule has 6 unspecified atom stereocenters. The van der Waals surface area contributed by atoms with Crippen LogP contribution in [0.4, 0.5) is 0 Å². The predicted octanol–water partition coefficient (Wildman–Crippen LogP) is 5.43. The predicted molar refractivity (Wildman–Crippen MR) is 173 cm³/mol. The van der Waals surface area contributed by atoms with Crippen LogP contribution in [-0.4, -0.2) is 89.0 Å². The molecule has 6 atom stereocenters. The second-order valence-corrected chi connectivity index (χ2v) is 12.0. The molecule has 0 aromatic heterocycles. The van der Waals surface area contributed by atoms with E-state index in [-0.39, 0.29) is 26.1 Å². The van der Waals surface area contributed by atoms with Gasteiger partial charge in [-0.15, -0.1) is 0 Å². The molecule has 0 aromatic carbocycles. The number of rotatable bonds is 27. The number of hydrogen-bond acceptors (Lipinski definition) is 10. The van der Waals surface area contributed by atoms with Crippen molar-refractivity contribution in [3.63, 3.8) is 0 Å². The van der Waals surface area contributed by atoms with Gasteiger partial charge in [-0.25, -0.2) is 0 Å². The first-order valence-electron chi connectivity index (χ1n) is 17.4. The van der Waals surface area contributed by atoms with Crippen molar-refractivity contribution in [3.8, 4) is 0 Å². The van der Waals surface area contributed by atoms with Crippen LogP contribution < -0.4 is 0 Å². The Balaban J connectivity index is 2.46. The second-order valence-electron chi connectivity index (χ2n) is 12.0. The summed E-state index contributed by atoms with van der Waals surface area (Å²) in [5.74, 6) is -0.837. The third kappa shape index (κ3) is 20.1. The quantitative estimate of drug-likeness (QED) is 0.0518. The molecular formula is C35H62O10. The SMILES string of the molecule is CCC/C=C\CCCCCCCC(=O)OCC(COC1OC(CO)C(O)C(O)C1O)OC(=O)CCCCCCC/C=C\CCC. The van der Waals surface area contributed by atoms with Crippen molar-refractivity contribution < 1.29 is 49.0 Å². The Hall–Kier alpha value is -1.82. The van der Waals surface area contributed by atoms with E-state index in [0.717, 1.165) is 83.5 Å². The van der Waals surface area contributed by atoms with Gasteiger partial charge in [-0.05, 0) is 51.4 Å². The Morgan fingerprint density at radius 3 is 1.73 bits per heavy atom. The highest BCUT2D eigenvalue weighted by molar-refractivity contribution is 5.70. The van der Waals surface area contributed by atoms with Crippen molar-refractivity contribution >= 4 is 11.9 Å². The van der Waals surface area contributed by atoms with Gasteiger partial charge in [0.2, 0.25) is 0 Å². The topological polar surface area (TPSA) is 152 Å². The minimum absolute atomic E-state index is 0.218. The summed E-state index contributed by atoms with van der Waals surface area (Å²) in [5.41, 5.74) is 0. The molecule has 0 aliphatic carbocycles. The molecule has 262 valence electrons. The third-order valence-electron chi connectivity index (χ3n) is 7.77. The van der Waals surface area contributed by atoms with Crippen LogP contribution in [0, 0.1) is 0 Å². The molecule has 0 spiro atoms. The summed E-state index contributed by atoms with van der Waals surface area (Å²) in [6.45, 7) is 3.23. The first-order chi connectivity index (χ1) is 21.8. The minimum atomic E-state index is -1.59. The Morgan fingerprint density at radius 2 is 1.18 bits per heavy atom. The van der Waals surface area contributed by atoms with Crippen molar-refractivity contribution in [3.05, 3.63) is 24.3 Å². The van der Waals surface area contributed by atoms with Crippen molar-refractivity contribution in [2.24, 2.45) is 0 Å². The molecule has 0 radical (unpaired) electrons. The van der Waals surface area contributed by atoms with Crippen LogP contribution in [0.3, 0.4) is 0 Å². The van der Waals surface area contributed by atoms with Gasteiger partial charge in [0.05, 0.1) is 13.2 Å². The molecule has 0 bridgehead atoms. The van der Waals surface area contributed by atoms with Crippen molar-refractivity contribution in [2.45, 2.75) is 166 Å². The molecule has 1 heterocycles. The first-order valence-corrected chi connectivity index (χ1v) is 17.4. The highest BCUT2D eigenvalue weighted by atomic mass is 16.7. The smallest absolute Gasteiger partial charge is 0.306 e. The third-order valence-corrected chi connectivity index (χ3v) is 7.77. The summed E-state index contributed by atoms with van der Waals surface area (Å²) in [6, 6.07) is 0. The molecule has 1 aliphatic heterocycles. The van der Waals surface area contributed by atoms with Crippen LogP contribution in [0.25, 0.3) is 0 Å². The number of unbranched alkanes of at least 4 members (excludes halogenated alkanes) is 12. The summed E-state index contributed by atoms with van der Waals surface area (Å²) >= 11 is 0. The minimum Gasteiger partial charge on any atom is -0.462 e. The maximum atomic E-state index is 12.6. The van der Waals surface area contributed by atoms with Crippen molar-refractivity contribution in [1.82, 2.24) is 0 Å². The Labute approximate surface area is 271 Å². The van der Waals surface area contributed by atoms with Gasteiger partial charge in [-0.1, -0.05) is 89.5 Å². The highest BCUT2D eigenvalue weighted by Crippen LogP contribution is 2.22. The number of hydrogen-bond donors (Lipinski definition) is 4. The van der Waals surface area contributed by atoms with Crippen LogP contribution in [-0.2, 0) is 28.5 Å². The number of ether oxygens (including phenoxy) is 4. The molecule has 1 rings (SSSR count). The van der Waals surface area contributed by atoms with Gasteiger partial charge in [-0.2, -0.15) is 0 Å². The second kappa shape index (κ2) is 27.3. The van der Waals surface area contributed by atoms with E-state index in [9.17, 15) is 30.0 Å². The number of carbonyl (C=O) groups excluding carboxylic acids is 2. The monoisotopic (exact) mass is 642 g/mol. The van der Waals surface area contributed by atoms with Crippen LogP contribution in [0.1, 0.15) is 129 Å². The highest BCUT2D eigenvalue weighted by Gasteiger charge is 2.44. The van der Waals surface area contributed by atoms with Crippen LogP contribution in [0.2, 0.25) is 0 Å². The zero-order chi connectivity index (χ0) is 33.1. The van der Waals surface area contributed by atoms with Gasteiger partial charge in [0.25, 0.3) is 0 Å². The van der Waals surface area contributed by atoms with E-state index in [1.54, 1.807) is 0 Å². The van der Waals surface area contributed by atoms with Gasteiger partial charge >= 0.3 is 11.9 Å². The Kier molecular flexibility index (Phi) is 25.0. The standard InChI is InChI=1S/C35H62O10/c1-3-5-7-9-11-13-15-17-19-21-23-30(37)42-26-28(27-43-35-34(41)33(40)32(39)29(25-36)45-35)44-31(38)24-22-20-18-16-14-12-10-8-6-4-2/h7-10,28-29,32-36,39-41H,3-6,11-27H2,1-2H3/b9-7-,10-8-. The molecule has 0 saturated carbocycles. The molecule has 45 heavy (non-hydrogen) atoms. The van der Waals surface area contributed by atoms with E-state index < -0.39 is 55.4 Å². The van der Waals surface area contributed by atoms with E-state index in [0.29, 0.717) is 12.8 Å². The van der Waals surface area contributed by atoms with Gasteiger partial charge in [0.1, 0.15) is 31.0 Å². The number of aliphatic hydroxyl groups excluding tert-OH is 4. The van der Waals surface area contributed by atoms with E-state index >= 15 is 0 Å². The Bertz CT molecular complexity index is 799. The maximum Gasteiger partial charge on any atom is 0.306 e. The fourth-order valence-electron chi connectivity index (χ4n) is 4.95. The fraction of sp³-hybridized carbons (Fsp3) is 0.829. The molecular weight excluding hydrogens is 580 g/mol. The largest absolute Gasteiger partial charge is 0.462 e. The van der Waals surface area contributed by atoms with Crippen LogP contribution >= 0.6 is 0 Å². The molecule has 10 nitrogen and oxygen atoms in total. The normalized spacial score (nSPS) is 22.7. The summed E-state index contributed by atoms with van der Waals surface area (Å²) in [5, 5.41) is 39.7. The molecule has 0 amide bonds. The Morgan fingerprint density at radius 1 is 0.667 bits per heavy atom. The van der Waals surface area contributed by atoms with Gasteiger partial charge < -0.3 is 39.4 Å². The van der Waals surface area contributed by atoms with Gasteiger partial charge in [0.15, 0.2) is 12.4 Å². The number of esters is 2. The fourth-order valence-corrected chi connectivity index (χ4v) is 4.95. The average Bonchev–Trinajstić information content (AvgIpc) is 3.03. The zero-order valence-electron chi connectivity index (χ0n) is 27.9. The summed E-state index contributed by atoms with van der Waals surface area (Å²) in [6.07, 6.45) is 17.8. The van der Waals surface area contributed by atoms with E-state index in [1.807, 2.05) is 0 Å². The molecule has 10 heteroatoms. The van der Waals surface area contributed by atoms with Crippen molar-refractivity contribution in [1.29, 1.82) is 0 Å². The summed E-state index contributed by atoms with van der Waals surface area (Å²) in [7, 11) is 0. The molecule has 1 aliphatic rings. The van der Waals surface area contributed by atoms with Crippen molar-refractivity contribution in [2.75, 3.05) is 19.8 Å². The molecule has 1 saturated heterocycles. The van der Waals surface area contributed by atoms with Crippen LogP contribution in [0.15, 0.2) is 24.3 Å². The number of carbonyl (C=O) groups is 2. The average molecular weight is 643 g/mol. The first kappa shape index (κ1) is 41.2. The number of allylic oxidation sites excluding steroid dienone is 4. The molecule has 4 N–H and O–H groups in total.